The van der Waals surface area contributed by atoms with Crippen molar-refractivity contribution in [2.24, 2.45) is 0 Å². The molecule has 0 aliphatic heterocycles. The molecule has 0 bridgehead atoms. The molecular formula is C11H22N4O. The summed E-state index contributed by atoms with van der Waals surface area (Å²) >= 11 is 0. The van der Waals surface area contributed by atoms with E-state index < -0.39 is 0 Å². The summed E-state index contributed by atoms with van der Waals surface area (Å²) < 4.78 is 7.29. The van der Waals surface area contributed by atoms with E-state index in [4.69, 9.17) is 4.74 Å². The molecule has 5 nitrogen and oxygen atoms in total. The van der Waals surface area contributed by atoms with Crippen molar-refractivity contribution in [3.63, 3.8) is 0 Å². The van der Waals surface area contributed by atoms with Crippen LogP contribution >= 0.6 is 0 Å². The first-order valence-corrected chi connectivity index (χ1v) is 5.82. The maximum Gasteiger partial charge on any atom is 0.108 e. The monoisotopic (exact) mass is 226 g/mol. The highest BCUT2D eigenvalue weighted by atomic mass is 16.5. The molecule has 0 saturated heterocycles. The van der Waals surface area contributed by atoms with Crippen LogP contribution in [0.15, 0.2) is 6.20 Å². The van der Waals surface area contributed by atoms with Gasteiger partial charge in [-0.05, 0) is 13.8 Å². The van der Waals surface area contributed by atoms with Gasteiger partial charge in [-0.3, -0.25) is 4.68 Å². The number of nitrogens with one attached hydrogen (secondary N) is 1. The van der Waals surface area contributed by atoms with Crippen molar-refractivity contribution in [2.75, 3.05) is 6.54 Å². The smallest absolute Gasteiger partial charge is 0.108 e. The molecule has 0 radical (unpaired) electrons. The Kier molecular flexibility index (Phi) is 5.42. The van der Waals surface area contributed by atoms with E-state index in [2.05, 4.69) is 29.5 Å². The number of aromatic nitrogens is 3. The van der Waals surface area contributed by atoms with Gasteiger partial charge in [-0.25, -0.2) is 0 Å². The molecule has 16 heavy (non-hydrogen) atoms. The summed E-state index contributed by atoms with van der Waals surface area (Å²) in [5.74, 6) is 0. The molecule has 5 heteroatoms. The van der Waals surface area contributed by atoms with Gasteiger partial charge < -0.3 is 10.1 Å². The summed E-state index contributed by atoms with van der Waals surface area (Å²) in [4.78, 5) is 0. The Labute approximate surface area is 97.2 Å². The van der Waals surface area contributed by atoms with E-state index >= 15 is 0 Å². The molecule has 0 fully saturated rings. The molecule has 0 aromatic carbocycles. The second-order valence-corrected chi connectivity index (χ2v) is 4.44. The van der Waals surface area contributed by atoms with Gasteiger partial charge in [-0.2, -0.15) is 0 Å². The van der Waals surface area contributed by atoms with E-state index in [1.165, 1.54) is 0 Å². The predicted octanol–water partition coefficient (Wildman–Crippen LogP) is 1.20. The largest absolute Gasteiger partial charge is 0.372 e. The Morgan fingerprint density at radius 3 is 2.75 bits per heavy atom. The van der Waals surface area contributed by atoms with E-state index in [1.54, 1.807) is 0 Å². The SMILES string of the molecule is CC(C)NCCn1cc(COC(C)C)nn1. The zero-order valence-electron chi connectivity index (χ0n) is 10.6. The molecular weight excluding hydrogens is 204 g/mol. The summed E-state index contributed by atoms with van der Waals surface area (Å²) in [6, 6.07) is 0.507. The Morgan fingerprint density at radius 2 is 2.12 bits per heavy atom. The van der Waals surface area contributed by atoms with Gasteiger partial charge in [0, 0.05) is 12.6 Å². The van der Waals surface area contributed by atoms with Crippen molar-refractivity contribution in [2.45, 2.75) is 53.0 Å². The lowest BCUT2D eigenvalue weighted by molar-refractivity contribution is 0.0635. The molecule has 0 spiro atoms. The first kappa shape index (κ1) is 13.1. The van der Waals surface area contributed by atoms with Crippen LogP contribution in [0.25, 0.3) is 0 Å². The van der Waals surface area contributed by atoms with Crippen LogP contribution in [0.2, 0.25) is 0 Å². The molecule has 0 aliphatic carbocycles. The van der Waals surface area contributed by atoms with Crippen molar-refractivity contribution in [3.8, 4) is 0 Å². The van der Waals surface area contributed by atoms with Crippen molar-refractivity contribution >= 4 is 0 Å². The second kappa shape index (κ2) is 6.60. The van der Waals surface area contributed by atoms with Crippen LogP contribution in [-0.2, 0) is 17.9 Å². The van der Waals surface area contributed by atoms with Crippen LogP contribution in [0.5, 0.6) is 0 Å². The van der Waals surface area contributed by atoms with Crippen LogP contribution in [0.1, 0.15) is 33.4 Å². The molecule has 1 aromatic rings. The number of rotatable bonds is 7. The van der Waals surface area contributed by atoms with E-state index in [9.17, 15) is 0 Å². The lowest BCUT2D eigenvalue weighted by Gasteiger charge is -2.06. The van der Waals surface area contributed by atoms with Crippen LogP contribution in [-0.4, -0.2) is 33.7 Å². The fourth-order valence-electron chi connectivity index (χ4n) is 1.23. The van der Waals surface area contributed by atoms with Gasteiger partial charge in [-0.15, -0.1) is 5.10 Å². The molecule has 1 N–H and O–H groups in total. The fraction of sp³-hybridized carbons (Fsp3) is 0.818. The average Bonchev–Trinajstić information content (AvgIpc) is 2.62. The maximum atomic E-state index is 5.45. The fourth-order valence-corrected chi connectivity index (χ4v) is 1.23. The van der Waals surface area contributed by atoms with E-state index in [-0.39, 0.29) is 6.10 Å². The van der Waals surface area contributed by atoms with Gasteiger partial charge in [0.1, 0.15) is 5.69 Å². The van der Waals surface area contributed by atoms with Gasteiger partial charge in [0.05, 0.1) is 25.5 Å². The highest BCUT2D eigenvalue weighted by Gasteiger charge is 2.02. The summed E-state index contributed by atoms with van der Waals surface area (Å²) in [7, 11) is 0. The lowest BCUT2D eigenvalue weighted by Crippen LogP contribution is -2.26. The van der Waals surface area contributed by atoms with Gasteiger partial charge >= 0.3 is 0 Å². The van der Waals surface area contributed by atoms with E-state index in [0.717, 1.165) is 18.8 Å². The minimum absolute atomic E-state index is 0.229. The molecule has 1 heterocycles. The highest BCUT2D eigenvalue weighted by molar-refractivity contribution is 4.89. The third-order valence-electron chi connectivity index (χ3n) is 2.04. The zero-order valence-corrected chi connectivity index (χ0v) is 10.6. The van der Waals surface area contributed by atoms with Gasteiger partial charge in [0.2, 0.25) is 0 Å². The third-order valence-corrected chi connectivity index (χ3v) is 2.04. The first-order chi connectivity index (χ1) is 7.58. The topological polar surface area (TPSA) is 52.0 Å². The average molecular weight is 226 g/mol. The standard InChI is InChI=1S/C11H22N4O/c1-9(2)12-5-6-15-7-11(13-14-15)8-16-10(3)4/h7,9-10,12H,5-6,8H2,1-4H3. The molecule has 92 valence electrons. The molecule has 1 aromatic heterocycles. The van der Waals surface area contributed by atoms with Gasteiger partial charge in [-0.1, -0.05) is 19.1 Å². The minimum Gasteiger partial charge on any atom is -0.372 e. The Morgan fingerprint density at radius 1 is 1.38 bits per heavy atom. The van der Waals surface area contributed by atoms with Gasteiger partial charge in [0.25, 0.3) is 0 Å². The van der Waals surface area contributed by atoms with Crippen molar-refractivity contribution in [3.05, 3.63) is 11.9 Å². The quantitative estimate of drug-likeness (QED) is 0.759. The number of ether oxygens (including phenoxy) is 1. The Bertz CT molecular complexity index is 296. The second-order valence-electron chi connectivity index (χ2n) is 4.44. The van der Waals surface area contributed by atoms with Crippen LogP contribution in [0.3, 0.4) is 0 Å². The van der Waals surface area contributed by atoms with Crippen molar-refractivity contribution in [1.82, 2.24) is 20.3 Å². The summed E-state index contributed by atoms with van der Waals surface area (Å²) in [6.45, 7) is 10.6. The Hall–Kier alpha value is -0.940. The number of hydrogen-bond donors (Lipinski definition) is 1. The number of hydrogen-bond acceptors (Lipinski definition) is 4. The van der Waals surface area contributed by atoms with Crippen LogP contribution < -0.4 is 5.32 Å². The lowest BCUT2D eigenvalue weighted by atomic mass is 10.4. The molecule has 0 unspecified atom stereocenters. The van der Waals surface area contributed by atoms with Crippen LogP contribution in [0.4, 0.5) is 0 Å². The maximum absolute atomic E-state index is 5.45. The molecule has 0 amide bonds. The van der Waals surface area contributed by atoms with Crippen LogP contribution in [0, 0.1) is 0 Å². The van der Waals surface area contributed by atoms with E-state index in [0.29, 0.717) is 12.6 Å². The summed E-state index contributed by atoms with van der Waals surface area (Å²) in [5, 5.41) is 11.4. The third kappa shape index (κ3) is 5.23. The van der Waals surface area contributed by atoms with Crippen molar-refractivity contribution < 1.29 is 4.74 Å². The summed E-state index contributed by atoms with van der Waals surface area (Å²) in [5.41, 5.74) is 0.887. The van der Waals surface area contributed by atoms with Gasteiger partial charge in [0.15, 0.2) is 0 Å². The van der Waals surface area contributed by atoms with E-state index in [1.807, 2.05) is 24.7 Å². The Balaban J connectivity index is 2.28. The summed E-state index contributed by atoms with van der Waals surface area (Å²) in [6.07, 6.45) is 2.16. The highest BCUT2D eigenvalue weighted by Crippen LogP contribution is 1.98. The molecule has 0 atom stereocenters. The first-order valence-electron chi connectivity index (χ1n) is 5.82. The minimum atomic E-state index is 0.229. The van der Waals surface area contributed by atoms with Crippen molar-refractivity contribution in [1.29, 1.82) is 0 Å². The molecule has 1 rings (SSSR count). The normalized spacial score (nSPS) is 11.6. The predicted molar refractivity (Wildman–Crippen MR) is 63.1 cm³/mol. The molecule has 0 aliphatic rings. The molecule has 0 saturated carbocycles. The zero-order chi connectivity index (χ0) is 12.0. The number of nitrogens with zero attached hydrogens (tertiary/aromatic N) is 3.